The molecule has 1 aromatic rings. The number of carbonyl (C=O) groups excluding carboxylic acids is 1. The van der Waals surface area contributed by atoms with Crippen molar-refractivity contribution >= 4 is 5.91 Å². The Morgan fingerprint density at radius 1 is 1.72 bits per heavy atom. The van der Waals surface area contributed by atoms with E-state index in [-0.39, 0.29) is 12.4 Å². The number of amides is 1. The summed E-state index contributed by atoms with van der Waals surface area (Å²) in [4.78, 5) is 14.6. The average Bonchev–Trinajstić information content (AvgIpc) is 2.93. The summed E-state index contributed by atoms with van der Waals surface area (Å²) in [5, 5.41) is 22.7. The maximum Gasteiger partial charge on any atom is 0.288 e. The van der Waals surface area contributed by atoms with Crippen molar-refractivity contribution in [2.75, 3.05) is 13.7 Å². The second-order valence-electron chi connectivity index (χ2n) is 3.85. The van der Waals surface area contributed by atoms with Gasteiger partial charge >= 0.3 is 0 Å². The molecule has 2 rings (SSSR count). The Balaban J connectivity index is 2.23. The minimum Gasteiger partial charge on any atom is -0.394 e. The fourth-order valence-electron chi connectivity index (χ4n) is 1.85. The van der Waals surface area contributed by atoms with Crippen LogP contribution in [0.5, 0.6) is 0 Å². The van der Waals surface area contributed by atoms with E-state index >= 15 is 0 Å². The minimum atomic E-state index is -0.994. The van der Waals surface area contributed by atoms with Crippen LogP contribution >= 0.6 is 0 Å². The van der Waals surface area contributed by atoms with Crippen molar-refractivity contribution in [2.45, 2.75) is 24.5 Å². The van der Waals surface area contributed by atoms with Crippen LogP contribution in [0.1, 0.15) is 16.8 Å². The second kappa shape index (κ2) is 4.98. The Morgan fingerprint density at radius 2 is 2.44 bits per heavy atom. The van der Waals surface area contributed by atoms with Gasteiger partial charge in [-0.05, 0) is 0 Å². The Bertz CT molecular complexity index is 436. The minimum absolute atomic E-state index is 0.157. The molecule has 0 radical (unpaired) electrons. The van der Waals surface area contributed by atoms with Crippen LogP contribution in [0.4, 0.5) is 0 Å². The van der Waals surface area contributed by atoms with E-state index in [0.29, 0.717) is 0 Å². The Kier molecular flexibility index (Phi) is 3.57. The quantitative estimate of drug-likeness (QED) is 0.550. The van der Waals surface area contributed by atoms with E-state index < -0.39 is 30.4 Å². The third-order valence-electron chi connectivity index (χ3n) is 2.75. The number of primary amides is 1. The number of nitrogens with zero attached hydrogens (tertiary/aromatic N) is 3. The molecule has 0 bridgehead atoms. The zero-order valence-corrected chi connectivity index (χ0v) is 9.63. The van der Waals surface area contributed by atoms with Gasteiger partial charge in [-0.15, -0.1) is 5.10 Å². The standard InChI is InChI=1S/C9H14N4O5/c1-17-6-5(15)4(2-14)18-9(6)13-3-11-8(12-13)7(10)16/h3-6,9,14-15H,2H2,1H3,(H2,10,16). The Morgan fingerprint density at radius 3 is 2.94 bits per heavy atom. The van der Waals surface area contributed by atoms with Crippen LogP contribution < -0.4 is 5.73 Å². The highest BCUT2D eigenvalue weighted by Gasteiger charge is 2.45. The molecular weight excluding hydrogens is 244 g/mol. The number of nitrogens with two attached hydrogens (primary N) is 1. The van der Waals surface area contributed by atoms with Crippen molar-refractivity contribution in [3.05, 3.63) is 12.2 Å². The van der Waals surface area contributed by atoms with Crippen LogP contribution in [0.3, 0.4) is 0 Å². The van der Waals surface area contributed by atoms with Crippen LogP contribution in [-0.2, 0) is 9.47 Å². The van der Waals surface area contributed by atoms with Gasteiger partial charge in [0.05, 0.1) is 6.61 Å². The Labute approximate surface area is 102 Å². The first-order chi connectivity index (χ1) is 8.58. The van der Waals surface area contributed by atoms with Gasteiger partial charge in [0, 0.05) is 7.11 Å². The van der Waals surface area contributed by atoms with Crippen molar-refractivity contribution in [1.82, 2.24) is 14.8 Å². The fourth-order valence-corrected chi connectivity index (χ4v) is 1.85. The van der Waals surface area contributed by atoms with Crippen LogP contribution in [0, 0.1) is 0 Å². The van der Waals surface area contributed by atoms with E-state index in [4.69, 9.17) is 20.3 Å². The first kappa shape index (κ1) is 12.9. The Hall–Kier alpha value is -1.55. The molecule has 9 nitrogen and oxygen atoms in total. The van der Waals surface area contributed by atoms with Crippen LogP contribution in [0.25, 0.3) is 0 Å². The van der Waals surface area contributed by atoms with Gasteiger partial charge < -0.3 is 25.4 Å². The summed E-state index contributed by atoms with van der Waals surface area (Å²) < 4.78 is 11.7. The number of hydrogen-bond donors (Lipinski definition) is 3. The predicted octanol–water partition coefficient (Wildman–Crippen LogP) is -2.36. The van der Waals surface area contributed by atoms with Crippen LogP contribution in [0.2, 0.25) is 0 Å². The van der Waals surface area contributed by atoms with Crippen molar-refractivity contribution < 1.29 is 24.5 Å². The predicted molar refractivity (Wildman–Crippen MR) is 56.3 cm³/mol. The molecule has 100 valence electrons. The second-order valence-corrected chi connectivity index (χ2v) is 3.85. The summed E-state index contributed by atoms with van der Waals surface area (Å²) in [6.07, 6.45) is -2.01. The molecule has 1 saturated heterocycles. The SMILES string of the molecule is COC1C(O)C(CO)OC1n1cnc(C(N)=O)n1. The lowest BCUT2D eigenvalue weighted by molar-refractivity contribution is -0.0666. The van der Waals surface area contributed by atoms with Gasteiger partial charge in [-0.3, -0.25) is 4.79 Å². The highest BCUT2D eigenvalue weighted by Crippen LogP contribution is 2.30. The number of aliphatic hydroxyl groups excluding tert-OH is 2. The van der Waals surface area contributed by atoms with E-state index in [2.05, 4.69) is 10.1 Å². The molecule has 1 fully saturated rings. The van der Waals surface area contributed by atoms with Gasteiger partial charge in [-0.1, -0.05) is 0 Å². The average molecular weight is 258 g/mol. The van der Waals surface area contributed by atoms with Gasteiger partial charge in [0.1, 0.15) is 24.6 Å². The van der Waals surface area contributed by atoms with E-state index in [0.717, 1.165) is 0 Å². The molecular formula is C9H14N4O5. The zero-order valence-electron chi connectivity index (χ0n) is 9.63. The van der Waals surface area contributed by atoms with E-state index in [1.807, 2.05) is 0 Å². The van der Waals surface area contributed by atoms with Crippen molar-refractivity contribution in [1.29, 1.82) is 0 Å². The summed E-state index contributed by atoms with van der Waals surface area (Å²) >= 11 is 0. The fraction of sp³-hybridized carbons (Fsp3) is 0.667. The molecule has 4 atom stereocenters. The summed E-state index contributed by atoms with van der Waals surface area (Å²) in [7, 11) is 1.40. The number of aliphatic hydroxyl groups is 2. The lowest BCUT2D eigenvalue weighted by Crippen LogP contribution is -2.34. The third kappa shape index (κ3) is 2.08. The number of methoxy groups -OCH3 is 1. The van der Waals surface area contributed by atoms with E-state index in [1.165, 1.54) is 18.1 Å². The van der Waals surface area contributed by atoms with Gasteiger partial charge in [0.2, 0.25) is 5.82 Å². The summed E-state index contributed by atoms with van der Waals surface area (Å²) in [6, 6.07) is 0. The van der Waals surface area contributed by atoms with Crippen LogP contribution in [-0.4, -0.2) is 62.9 Å². The van der Waals surface area contributed by atoms with Gasteiger partial charge in [-0.2, -0.15) is 0 Å². The normalized spacial score (nSPS) is 31.7. The molecule has 9 heteroatoms. The molecule has 1 aliphatic heterocycles. The highest BCUT2D eigenvalue weighted by molar-refractivity contribution is 5.88. The number of carbonyl (C=O) groups is 1. The lowest BCUT2D eigenvalue weighted by atomic mass is 10.1. The molecule has 2 heterocycles. The maximum absolute atomic E-state index is 10.9. The van der Waals surface area contributed by atoms with Gasteiger partial charge in [-0.25, -0.2) is 9.67 Å². The van der Waals surface area contributed by atoms with E-state index in [9.17, 15) is 9.90 Å². The molecule has 1 amide bonds. The third-order valence-corrected chi connectivity index (χ3v) is 2.75. The van der Waals surface area contributed by atoms with Crippen molar-refractivity contribution in [2.24, 2.45) is 5.73 Å². The van der Waals surface area contributed by atoms with Gasteiger partial charge in [0.25, 0.3) is 5.91 Å². The topological polar surface area (TPSA) is 133 Å². The summed E-state index contributed by atoms with van der Waals surface area (Å²) in [5.41, 5.74) is 5.03. The summed E-state index contributed by atoms with van der Waals surface area (Å²) in [5.74, 6) is -0.921. The molecule has 0 spiro atoms. The molecule has 0 saturated carbocycles. The molecule has 0 aromatic carbocycles. The number of rotatable bonds is 4. The van der Waals surface area contributed by atoms with Crippen molar-refractivity contribution in [3.63, 3.8) is 0 Å². The lowest BCUT2D eigenvalue weighted by Gasteiger charge is -2.18. The highest BCUT2D eigenvalue weighted by atomic mass is 16.6. The number of hydrogen-bond acceptors (Lipinski definition) is 7. The molecule has 18 heavy (non-hydrogen) atoms. The number of aromatic nitrogens is 3. The smallest absolute Gasteiger partial charge is 0.288 e. The number of ether oxygens (including phenoxy) is 2. The largest absolute Gasteiger partial charge is 0.394 e. The monoisotopic (exact) mass is 258 g/mol. The molecule has 4 N–H and O–H groups in total. The molecule has 4 unspecified atom stereocenters. The van der Waals surface area contributed by atoms with E-state index in [1.54, 1.807) is 0 Å². The maximum atomic E-state index is 10.9. The molecule has 1 aromatic heterocycles. The zero-order chi connectivity index (χ0) is 13.3. The first-order valence-electron chi connectivity index (χ1n) is 5.26. The first-order valence-corrected chi connectivity index (χ1v) is 5.26. The van der Waals surface area contributed by atoms with Crippen LogP contribution in [0.15, 0.2) is 6.33 Å². The van der Waals surface area contributed by atoms with Gasteiger partial charge in [0.15, 0.2) is 6.23 Å². The molecule has 0 aliphatic carbocycles. The summed E-state index contributed by atoms with van der Waals surface area (Å²) in [6.45, 7) is -0.352. The van der Waals surface area contributed by atoms with Crippen molar-refractivity contribution in [3.8, 4) is 0 Å². The molecule has 1 aliphatic rings.